The summed E-state index contributed by atoms with van der Waals surface area (Å²) in [5.74, 6) is -1.79. The van der Waals surface area contributed by atoms with E-state index in [2.05, 4.69) is 10.6 Å². The van der Waals surface area contributed by atoms with Crippen LogP contribution in [0.1, 0.15) is 6.92 Å². The zero-order valence-electron chi connectivity index (χ0n) is 11.2. The molecule has 0 saturated heterocycles. The Hall–Kier alpha value is -2.14. The molecule has 6 heteroatoms. The fourth-order valence-electron chi connectivity index (χ4n) is 1.70. The Morgan fingerprint density at radius 1 is 1.14 bits per heavy atom. The molecule has 0 aromatic heterocycles. The fraction of sp³-hybridized carbons (Fsp3) is 0.133. The number of halogens is 3. The number of carbonyl (C=O) groups is 1. The van der Waals surface area contributed by atoms with Crippen molar-refractivity contribution in [3.63, 3.8) is 0 Å². The van der Waals surface area contributed by atoms with Gasteiger partial charge in [-0.1, -0.05) is 11.6 Å². The molecular weight excluding hydrogens is 298 g/mol. The first-order valence-corrected chi connectivity index (χ1v) is 6.61. The summed E-state index contributed by atoms with van der Waals surface area (Å²) in [6, 6.07) is 9.05. The van der Waals surface area contributed by atoms with Gasteiger partial charge in [-0.25, -0.2) is 8.78 Å². The number of hydrogen-bond donors (Lipinski definition) is 2. The topological polar surface area (TPSA) is 41.1 Å². The van der Waals surface area contributed by atoms with Crippen molar-refractivity contribution in [2.24, 2.45) is 0 Å². The molecule has 21 heavy (non-hydrogen) atoms. The van der Waals surface area contributed by atoms with E-state index < -0.39 is 23.6 Å². The highest BCUT2D eigenvalue weighted by molar-refractivity contribution is 6.30. The third-order valence-electron chi connectivity index (χ3n) is 2.81. The molecule has 2 aromatic rings. The van der Waals surface area contributed by atoms with Crippen LogP contribution >= 0.6 is 11.6 Å². The van der Waals surface area contributed by atoms with E-state index in [9.17, 15) is 13.6 Å². The number of benzene rings is 2. The molecule has 3 nitrogen and oxygen atoms in total. The SMILES string of the molecule is CC(Nc1ccc(Cl)cc1)C(=O)Nc1cc(F)ccc1F. The summed E-state index contributed by atoms with van der Waals surface area (Å²) in [6.07, 6.45) is 0. The lowest BCUT2D eigenvalue weighted by Crippen LogP contribution is -2.32. The maximum atomic E-state index is 13.4. The summed E-state index contributed by atoms with van der Waals surface area (Å²) >= 11 is 5.77. The van der Waals surface area contributed by atoms with E-state index >= 15 is 0 Å². The first-order valence-electron chi connectivity index (χ1n) is 6.24. The van der Waals surface area contributed by atoms with Crippen molar-refractivity contribution >= 4 is 28.9 Å². The van der Waals surface area contributed by atoms with Gasteiger partial charge in [-0.05, 0) is 43.3 Å². The second-order valence-electron chi connectivity index (χ2n) is 4.49. The normalized spacial score (nSPS) is 11.8. The number of hydrogen-bond acceptors (Lipinski definition) is 2. The van der Waals surface area contributed by atoms with Crippen molar-refractivity contribution in [2.75, 3.05) is 10.6 Å². The molecule has 2 N–H and O–H groups in total. The van der Waals surface area contributed by atoms with Gasteiger partial charge in [0.15, 0.2) is 0 Å². The van der Waals surface area contributed by atoms with Crippen molar-refractivity contribution < 1.29 is 13.6 Å². The molecule has 0 aliphatic rings. The van der Waals surface area contributed by atoms with Crippen molar-refractivity contribution in [3.05, 3.63) is 59.1 Å². The molecule has 2 rings (SSSR count). The van der Waals surface area contributed by atoms with Gasteiger partial charge in [-0.15, -0.1) is 0 Å². The third kappa shape index (κ3) is 4.16. The summed E-state index contributed by atoms with van der Waals surface area (Å²) in [5, 5.41) is 5.86. The second-order valence-corrected chi connectivity index (χ2v) is 4.92. The number of rotatable bonds is 4. The molecule has 1 unspecified atom stereocenters. The molecule has 0 heterocycles. The molecule has 0 spiro atoms. The van der Waals surface area contributed by atoms with Gasteiger partial charge in [0.1, 0.15) is 17.7 Å². The van der Waals surface area contributed by atoms with Crippen LogP contribution in [0.3, 0.4) is 0 Å². The Labute approximate surface area is 125 Å². The smallest absolute Gasteiger partial charge is 0.246 e. The zero-order chi connectivity index (χ0) is 15.4. The fourth-order valence-corrected chi connectivity index (χ4v) is 1.82. The molecule has 2 aromatic carbocycles. The quantitative estimate of drug-likeness (QED) is 0.894. The molecule has 0 radical (unpaired) electrons. The highest BCUT2D eigenvalue weighted by Gasteiger charge is 2.15. The molecule has 0 fully saturated rings. The van der Waals surface area contributed by atoms with Crippen molar-refractivity contribution in [3.8, 4) is 0 Å². The van der Waals surface area contributed by atoms with Crippen molar-refractivity contribution in [1.82, 2.24) is 0 Å². The Morgan fingerprint density at radius 2 is 1.81 bits per heavy atom. The van der Waals surface area contributed by atoms with Crippen LogP contribution in [0, 0.1) is 11.6 Å². The average Bonchev–Trinajstić information content (AvgIpc) is 2.45. The Morgan fingerprint density at radius 3 is 2.48 bits per heavy atom. The highest BCUT2D eigenvalue weighted by atomic mass is 35.5. The lowest BCUT2D eigenvalue weighted by Gasteiger charge is -2.15. The van der Waals surface area contributed by atoms with Crippen LogP contribution in [0.15, 0.2) is 42.5 Å². The summed E-state index contributed by atoms with van der Waals surface area (Å²) < 4.78 is 26.5. The lowest BCUT2D eigenvalue weighted by atomic mass is 10.2. The minimum atomic E-state index is -0.691. The van der Waals surface area contributed by atoms with Crippen LogP contribution in [-0.4, -0.2) is 11.9 Å². The first kappa shape index (κ1) is 15.3. The molecule has 0 aliphatic heterocycles. The standard InChI is InChI=1S/C15H13ClF2N2O/c1-9(19-12-5-2-10(16)3-6-12)15(21)20-14-8-11(17)4-7-13(14)18/h2-9,19H,1H3,(H,20,21). The van der Waals surface area contributed by atoms with Crippen LogP contribution in [0.5, 0.6) is 0 Å². The van der Waals surface area contributed by atoms with E-state index in [1.807, 2.05) is 0 Å². The predicted octanol–water partition coefficient (Wildman–Crippen LogP) is 4.06. The largest absolute Gasteiger partial charge is 0.374 e. The van der Waals surface area contributed by atoms with Crippen molar-refractivity contribution in [1.29, 1.82) is 0 Å². The summed E-state index contributed by atoms with van der Waals surface area (Å²) in [5.41, 5.74) is 0.506. The van der Waals surface area contributed by atoms with Gasteiger partial charge < -0.3 is 10.6 Å². The third-order valence-corrected chi connectivity index (χ3v) is 3.06. The summed E-state index contributed by atoms with van der Waals surface area (Å²) in [4.78, 5) is 12.0. The average molecular weight is 311 g/mol. The minimum absolute atomic E-state index is 0.190. The monoisotopic (exact) mass is 310 g/mol. The van der Waals surface area contributed by atoms with Crippen LogP contribution in [0.25, 0.3) is 0 Å². The number of amides is 1. The highest BCUT2D eigenvalue weighted by Crippen LogP contribution is 2.17. The number of nitrogens with one attached hydrogen (secondary N) is 2. The maximum absolute atomic E-state index is 13.4. The van der Waals surface area contributed by atoms with E-state index in [-0.39, 0.29) is 5.69 Å². The van der Waals surface area contributed by atoms with Gasteiger partial charge in [-0.3, -0.25) is 4.79 Å². The molecule has 110 valence electrons. The maximum Gasteiger partial charge on any atom is 0.246 e. The molecule has 0 saturated carbocycles. The van der Waals surface area contributed by atoms with Gasteiger partial charge >= 0.3 is 0 Å². The lowest BCUT2D eigenvalue weighted by molar-refractivity contribution is -0.116. The molecular formula is C15H13ClF2N2O. The summed E-state index contributed by atoms with van der Waals surface area (Å²) in [7, 11) is 0. The van der Waals surface area contributed by atoms with E-state index in [1.165, 1.54) is 0 Å². The van der Waals surface area contributed by atoms with Crippen LogP contribution in [0.4, 0.5) is 20.2 Å². The molecule has 0 aliphatic carbocycles. The second kappa shape index (κ2) is 6.54. The van der Waals surface area contributed by atoms with E-state index in [0.717, 1.165) is 18.2 Å². The molecule has 1 amide bonds. The van der Waals surface area contributed by atoms with Gasteiger partial charge in [0.2, 0.25) is 5.91 Å². The predicted molar refractivity (Wildman–Crippen MR) is 79.5 cm³/mol. The first-order chi connectivity index (χ1) is 9.95. The van der Waals surface area contributed by atoms with Gasteiger partial charge in [-0.2, -0.15) is 0 Å². The van der Waals surface area contributed by atoms with Gasteiger partial charge in [0.25, 0.3) is 0 Å². The van der Waals surface area contributed by atoms with Gasteiger partial charge in [0, 0.05) is 16.8 Å². The van der Waals surface area contributed by atoms with Crippen LogP contribution in [0.2, 0.25) is 5.02 Å². The Bertz CT molecular complexity index is 647. The van der Waals surface area contributed by atoms with E-state index in [0.29, 0.717) is 10.7 Å². The Balaban J connectivity index is 2.02. The molecule has 1 atom stereocenters. The zero-order valence-corrected chi connectivity index (χ0v) is 11.9. The van der Waals surface area contributed by atoms with Crippen LogP contribution in [-0.2, 0) is 4.79 Å². The van der Waals surface area contributed by atoms with Crippen LogP contribution < -0.4 is 10.6 Å². The number of anilines is 2. The van der Waals surface area contributed by atoms with Crippen molar-refractivity contribution in [2.45, 2.75) is 13.0 Å². The minimum Gasteiger partial charge on any atom is -0.374 e. The van der Waals surface area contributed by atoms with E-state index in [4.69, 9.17) is 11.6 Å². The summed E-state index contributed by atoms with van der Waals surface area (Å²) in [6.45, 7) is 1.61. The van der Waals surface area contributed by atoms with E-state index in [1.54, 1.807) is 31.2 Å². The van der Waals surface area contributed by atoms with Gasteiger partial charge in [0.05, 0.1) is 5.69 Å². The molecule has 0 bridgehead atoms. The number of carbonyl (C=O) groups excluding carboxylic acids is 1. The Kier molecular flexibility index (Phi) is 4.75.